The Balaban J connectivity index is 1.38. The van der Waals surface area contributed by atoms with E-state index in [0.29, 0.717) is 37.9 Å². The van der Waals surface area contributed by atoms with Crippen LogP contribution in [0.3, 0.4) is 0 Å². The number of nitrogens with zero attached hydrogens (tertiary/aromatic N) is 2. The molecule has 2 bridgehead atoms. The molecule has 1 aromatic heterocycles. The Morgan fingerprint density at radius 3 is 2.52 bits per heavy atom. The van der Waals surface area contributed by atoms with E-state index in [-0.39, 0.29) is 24.0 Å². The van der Waals surface area contributed by atoms with Crippen molar-refractivity contribution in [2.24, 2.45) is 5.92 Å². The average Bonchev–Trinajstić information content (AvgIpc) is 2.68. The number of hydrogen-bond acceptors (Lipinski definition) is 4. The molecule has 3 heterocycles. The van der Waals surface area contributed by atoms with Gasteiger partial charge in [0.2, 0.25) is 0 Å². The number of piperidine rings is 1. The van der Waals surface area contributed by atoms with E-state index in [1.807, 2.05) is 52.8 Å². The van der Waals surface area contributed by atoms with Gasteiger partial charge < -0.3 is 18.9 Å². The molecule has 1 saturated heterocycles. The molecule has 2 atom stereocenters. The van der Waals surface area contributed by atoms with Crippen LogP contribution in [0.15, 0.2) is 47.3 Å². The van der Waals surface area contributed by atoms with Crippen LogP contribution >= 0.6 is 0 Å². The normalized spacial score (nSPS) is 20.7. The molecule has 0 aliphatic carbocycles. The summed E-state index contributed by atoms with van der Waals surface area (Å²) in [7, 11) is 0. The maximum absolute atomic E-state index is 12.7. The molecule has 2 aliphatic rings. The van der Waals surface area contributed by atoms with E-state index in [2.05, 4.69) is 0 Å². The van der Waals surface area contributed by atoms with Crippen molar-refractivity contribution in [1.29, 1.82) is 0 Å². The average molecular weight is 368 g/mol. The van der Waals surface area contributed by atoms with E-state index in [1.54, 1.807) is 6.07 Å². The van der Waals surface area contributed by atoms with E-state index >= 15 is 0 Å². The quantitative estimate of drug-likeness (QED) is 0.812. The van der Waals surface area contributed by atoms with Crippen LogP contribution < -0.4 is 15.0 Å². The lowest BCUT2D eigenvalue weighted by Gasteiger charge is -2.42. The molecule has 0 saturated carbocycles. The van der Waals surface area contributed by atoms with Gasteiger partial charge in [-0.2, -0.15) is 0 Å². The van der Waals surface area contributed by atoms with E-state index in [9.17, 15) is 9.59 Å². The van der Waals surface area contributed by atoms with Crippen LogP contribution in [0.25, 0.3) is 0 Å². The summed E-state index contributed by atoms with van der Waals surface area (Å²) in [5.41, 5.74) is 1.10. The van der Waals surface area contributed by atoms with Crippen LogP contribution in [0.2, 0.25) is 0 Å². The summed E-state index contributed by atoms with van der Waals surface area (Å²) in [5, 5.41) is 0. The molecule has 27 heavy (non-hydrogen) atoms. The van der Waals surface area contributed by atoms with Crippen molar-refractivity contribution < 1.29 is 14.3 Å². The Hall–Kier alpha value is -2.76. The van der Waals surface area contributed by atoms with E-state index in [0.717, 1.165) is 17.9 Å². The van der Waals surface area contributed by atoms with Crippen molar-refractivity contribution in [3.05, 3.63) is 58.5 Å². The first-order valence-corrected chi connectivity index (χ1v) is 9.47. The number of carbonyl (C=O) groups excluding carboxylic acids is 1. The number of benzene rings is 1. The second-order valence-corrected chi connectivity index (χ2v) is 7.19. The third-order valence-electron chi connectivity index (χ3n) is 5.33. The Kier molecular flexibility index (Phi) is 4.88. The predicted molar refractivity (Wildman–Crippen MR) is 101 cm³/mol. The molecule has 2 unspecified atom stereocenters. The molecule has 4 rings (SSSR count). The molecule has 142 valence electrons. The van der Waals surface area contributed by atoms with Gasteiger partial charge >= 0.3 is 0 Å². The number of rotatable bonds is 5. The Morgan fingerprint density at radius 1 is 1.04 bits per heavy atom. The number of likely N-dealkylation sites (tertiary alicyclic amines) is 1. The van der Waals surface area contributed by atoms with Crippen molar-refractivity contribution in [2.45, 2.75) is 25.8 Å². The molecular weight excluding hydrogens is 344 g/mol. The maximum Gasteiger partial charge on any atom is 0.260 e. The topological polar surface area (TPSA) is 60.8 Å². The highest BCUT2D eigenvalue weighted by Crippen LogP contribution is 2.34. The summed E-state index contributed by atoms with van der Waals surface area (Å²) in [6.07, 6.45) is 1.03. The van der Waals surface area contributed by atoms with Crippen LogP contribution in [0, 0.1) is 5.92 Å². The van der Waals surface area contributed by atoms with Gasteiger partial charge in [-0.1, -0.05) is 6.07 Å². The van der Waals surface area contributed by atoms with Gasteiger partial charge in [0.1, 0.15) is 11.5 Å². The molecular formula is C21H24N2O4. The Labute approximate surface area is 158 Å². The summed E-state index contributed by atoms with van der Waals surface area (Å²) in [6.45, 7) is 4.59. The van der Waals surface area contributed by atoms with Crippen LogP contribution in [0.5, 0.6) is 11.5 Å². The first kappa shape index (κ1) is 17.6. The van der Waals surface area contributed by atoms with Gasteiger partial charge in [-0.15, -0.1) is 0 Å². The van der Waals surface area contributed by atoms with Crippen LogP contribution in [0.4, 0.5) is 0 Å². The molecule has 6 heteroatoms. The van der Waals surface area contributed by atoms with Crippen molar-refractivity contribution >= 4 is 5.91 Å². The molecule has 0 spiro atoms. The summed E-state index contributed by atoms with van der Waals surface area (Å²) in [5.74, 6) is 1.98. The molecule has 1 aromatic carbocycles. The third kappa shape index (κ3) is 3.70. The minimum Gasteiger partial charge on any atom is -0.494 e. The predicted octanol–water partition coefficient (Wildman–Crippen LogP) is 2.27. The molecule has 2 aliphatic heterocycles. The molecule has 0 radical (unpaired) electrons. The standard InChI is InChI=1S/C21H24N2O4/c1-2-26-17-6-8-18(9-7-17)27-14-21(25)22-11-15-10-16(13-22)19-4-3-5-20(24)23(19)12-15/h3-9,15-16H,2,10-14H2,1H3. The fraction of sp³-hybridized carbons (Fsp3) is 0.429. The van der Waals surface area contributed by atoms with Gasteiger partial charge in [-0.05, 0) is 49.6 Å². The van der Waals surface area contributed by atoms with E-state index in [4.69, 9.17) is 9.47 Å². The van der Waals surface area contributed by atoms with Gasteiger partial charge in [-0.3, -0.25) is 9.59 Å². The lowest BCUT2D eigenvalue weighted by molar-refractivity contribution is -0.136. The summed E-state index contributed by atoms with van der Waals surface area (Å²) in [4.78, 5) is 26.6. The monoisotopic (exact) mass is 368 g/mol. The zero-order valence-electron chi connectivity index (χ0n) is 15.5. The molecule has 1 amide bonds. The lowest BCUT2D eigenvalue weighted by atomic mass is 9.83. The van der Waals surface area contributed by atoms with Gasteiger partial charge in [0.15, 0.2) is 6.61 Å². The molecule has 6 nitrogen and oxygen atoms in total. The minimum atomic E-state index is -0.00897. The zero-order valence-corrected chi connectivity index (χ0v) is 15.5. The third-order valence-corrected chi connectivity index (χ3v) is 5.33. The van der Waals surface area contributed by atoms with Crippen LogP contribution in [-0.2, 0) is 11.3 Å². The molecule has 1 fully saturated rings. The van der Waals surface area contributed by atoms with Crippen LogP contribution in [0.1, 0.15) is 25.0 Å². The van der Waals surface area contributed by atoms with Crippen molar-refractivity contribution in [3.63, 3.8) is 0 Å². The fourth-order valence-corrected chi connectivity index (χ4v) is 4.14. The second kappa shape index (κ2) is 7.47. The number of carbonyl (C=O) groups is 1. The highest BCUT2D eigenvalue weighted by molar-refractivity contribution is 5.78. The van der Waals surface area contributed by atoms with Gasteiger partial charge in [0, 0.05) is 37.3 Å². The first-order chi connectivity index (χ1) is 13.1. The SMILES string of the molecule is CCOc1ccc(OCC(=O)N2CC3CC(C2)c2cccc(=O)n2C3)cc1. The van der Waals surface area contributed by atoms with Crippen molar-refractivity contribution in [2.75, 3.05) is 26.3 Å². The van der Waals surface area contributed by atoms with E-state index < -0.39 is 0 Å². The largest absolute Gasteiger partial charge is 0.494 e. The first-order valence-electron chi connectivity index (χ1n) is 9.47. The Morgan fingerprint density at radius 2 is 1.78 bits per heavy atom. The summed E-state index contributed by atoms with van der Waals surface area (Å²) < 4.78 is 12.9. The fourth-order valence-electron chi connectivity index (χ4n) is 4.14. The van der Waals surface area contributed by atoms with Crippen LogP contribution in [-0.4, -0.2) is 41.7 Å². The lowest BCUT2D eigenvalue weighted by Crippen LogP contribution is -2.50. The highest BCUT2D eigenvalue weighted by Gasteiger charge is 2.36. The molecule has 2 aromatic rings. The van der Waals surface area contributed by atoms with Gasteiger partial charge in [0.25, 0.3) is 11.5 Å². The number of pyridine rings is 1. The number of ether oxygens (including phenoxy) is 2. The number of hydrogen-bond donors (Lipinski definition) is 0. The molecule has 0 N–H and O–H groups in total. The highest BCUT2D eigenvalue weighted by atomic mass is 16.5. The maximum atomic E-state index is 12.7. The van der Waals surface area contributed by atoms with Crippen molar-refractivity contribution in [3.8, 4) is 11.5 Å². The zero-order chi connectivity index (χ0) is 18.8. The summed E-state index contributed by atoms with van der Waals surface area (Å²) in [6, 6.07) is 12.7. The second-order valence-electron chi connectivity index (χ2n) is 7.19. The van der Waals surface area contributed by atoms with E-state index in [1.165, 1.54) is 0 Å². The number of amides is 1. The number of fused-ring (bicyclic) bond motifs is 4. The smallest absolute Gasteiger partial charge is 0.260 e. The number of aromatic nitrogens is 1. The minimum absolute atomic E-state index is 0.00897. The van der Waals surface area contributed by atoms with Gasteiger partial charge in [0.05, 0.1) is 6.61 Å². The van der Waals surface area contributed by atoms with Gasteiger partial charge in [-0.25, -0.2) is 0 Å². The van der Waals surface area contributed by atoms with Crippen molar-refractivity contribution in [1.82, 2.24) is 9.47 Å². The Bertz CT molecular complexity index is 874. The summed E-state index contributed by atoms with van der Waals surface area (Å²) >= 11 is 0.